The van der Waals surface area contributed by atoms with E-state index in [4.69, 9.17) is 0 Å². The Balaban J connectivity index is 2.80. The van der Waals surface area contributed by atoms with Gasteiger partial charge in [0.15, 0.2) is 0 Å². The number of esters is 1. The van der Waals surface area contributed by atoms with Gasteiger partial charge in [-0.05, 0) is 26.2 Å². The standard InChI is InChI=1S/C9H16O4/c1-9(8(12)13-2)5-3-4-6(10)7(9)11/h6-7,10-11H,3-5H2,1-2H3. The van der Waals surface area contributed by atoms with Gasteiger partial charge in [-0.15, -0.1) is 0 Å². The van der Waals surface area contributed by atoms with Crippen molar-refractivity contribution in [3.8, 4) is 0 Å². The number of carbonyl (C=O) groups excluding carboxylic acids is 1. The van der Waals surface area contributed by atoms with E-state index in [9.17, 15) is 15.0 Å². The zero-order chi connectivity index (χ0) is 10.1. The van der Waals surface area contributed by atoms with Crippen LogP contribution in [-0.4, -0.2) is 35.5 Å². The lowest BCUT2D eigenvalue weighted by atomic mass is 9.72. The molecule has 1 aliphatic carbocycles. The molecule has 1 fully saturated rings. The molecular formula is C9H16O4. The Morgan fingerprint density at radius 2 is 2.15 bits per heavy atom. The molecule has 0 amide bonds. The van der Waals surface area contributed by atoms with E-state index in [0.717, 1.165) is 6.42 Å². The highest BCUT2D eigenvalue weighted by atomic mass is 16.5. The van der Waals surface area contributed by atoms with E-state index in [2.05, 4.69) is 4.74 Å². The van der Waals surface area contributed by atoms with Gasteiger partial charge in [0.1, 0.15) is 0 Å². The average molecular weight is 188 g/mol. The molecule has 1 saturated carbocycles. The second kappa shape index (κ2) is 3.64. The molecule has 0 aromatic carbocycles. The molecular weight excluding hydrogens is 172 g/mol. The van der Waals surface area contributed by atoms with Gasteiger partial charge in [0.25, 0.3) is 0 Å². The van der Waals surface area contributed by atoms with Crippen molar-refractivity contribution < 1.29 is 19.7 Å². The molecule has 76 valence electrons. The predicted molar refractivity (Wildman–Crippen MR) is 46.0 cm³/mol. The molecule has 2 N–H and O–H groups in total. The lowest BCUT2D eigenvalue weighted by molar-refractivity contribution is -0.170. The number of aliphatic hydroxyl groups excluding tert-OH is 2. The van der Waals surface area contributed by atoms with Gasteiger partial charge in [-0.2, -0.15) is 0 Å². The van der Waals surface area contributed by atoms with Crippen LogP contribution in [0.5, 0.6) is 0 Å². The molecule has 0 radical (unpaired) electrons. The highest BCUT2D eigenvalue weighted by molar-refractivity contribution is 5.77. The zero-order valence-electron chi connectivity index (χ0n) is 7.99. The van der Waals surface area contributed by atoms with Gasteiger partial charge in [-0.1, -0.05) is 0 Å². The fraction of sp³-hybridized carbons (Fsp3) is 0.889. The first-order chi connectivity index (χ1) is 6.02. The van der Waals surface area contributed by atoms with Crippen LogP contribution in [0.2, 0.25) is 0 Å². The summed E-state index contributed by atoms with van der Waals surface area (Å²) >= 11 is 0. The number of hydrogen-bond donors (Lipinski definition) is 2. The summed E-state index contributed by atoms with van der Waals surface area (Å²) in [6.07, 6.45) is 0.0432. The van der Waals surface area contributed by atoms with Crippen LogP contribution in [0.3, 0.4) is 0 Å². The molecule has 0 saturated heterocycles. The summed E-state index contributed by atoms with van der Waals surface area (Å²) in [5.74, 6) is -0.446. The minimum Gasteiger partial charge on any atom is -0.469 e. The van der Waals surface area contributed by atoms with Gasteiger partial charge in [-0.25, -0.2) is 0 Å². The minimum atomic E-state index is -1.01. The number of aliphatic hydroxyl groups is 2. The third-order valence-corrected chi connectivity index (χ3v) is 2.86. The molecule has 4 heteroatoms. The summed E-state index contributed by atoms with van der Waals surface area (Å²) in [6, 6.07) is 0. The van der Waals surface area contributed by atoms with E-state index in [1.54, 1.807) is 6.92 Å². The lowest BCUT2D eigenvalue weighted by Crippen LogP contribution is -2.50. The molecule has 0 spiro atoms. The molecule has 13 heavy (non-hydrogen) atoms. The lowest BCUT2D eigenvalue weighted by Gasteiger charge is -2.38. The van der Waals surface area contributed by atoms with Crippen molar-refractivity contribution in [2.45, 2.75) is 38.4 Å². The third-order valence-electron chi connectivity index (χ3n) is 2.86. The summed E-state index contributed by atoms with van der Waals surface area (Å²) in [5, 5.41) is 19.0. The molecule has 0 bridgehead atoms. The highest BCUT2D eigenvalue weighted by Crippen LogP contribution is 2.37. The largest absolute Gasteiger partial charge is 0.469 e. The van der Waals surface area contributed by atoms with Crippen molar-refractivity contribution in [2.24, 2.45) is 5.41 Å². The molecule has 1 aliphatic rings. The van der Waals surface area contributed by atoms with Gasteiger partial charge in [-0.3, -0.25) is 4.79 Å². The van der Waals surface area contributed by atoms with E-state index in [-0.39, 0.29) is 0 Å². The maximum atomic E-state index is 11.4. The van der Waals surface area contributed by atoms with Crippen LogP contribution in [-0.2, 0) is 9.53 Å². The number of carbonyl (C=O) groups is 1. The van der Waals surface area contributed by atoms with Gasteiger partial charge < -0.3 is 14.9 Å². The number of hydrogen-bond acceptors (Lipinski definition) is 4. The van der Waals surface area contributed by atoms with E-state index < -0.39 is 23.6 Å². The first-order valence-electron chi connectivity index (χ1n) is 4.47. The SMILES string of the molecule is COC(=O)C1(C)CCCC(O)C1O. The van der Waals surface area contributed by atoms with Crippen molar-refractivity contribution in [1.29, 1.82) is 0 Å². The Morgan fingerprint density at radius 3 is 2.69 bits per heavy atom. The summed E-state index contributed by atoms with van der Waals surface area (Å²) in [7, 11) is 1.29. The van der Waals surface area contributed by atoms with Crippen LogP contribution in [0, 0.1) is 5.41 Å². The summed E-state index contributed by atoms with van der Waals surface area (Å²) in [5.41, 5.74) is -0.938. The van der Waals surface area contributed by atoms with Gasteiger partial charge in [0, 0.05) is 0 Å². The van der Waals surface area contributed by atoms with E-state index >= 15 is 0 Å². The average Bonchev–Trinajstić information content (AvgIpc) is 2.13. The number of rotatable bonds is 1. The van der Waals surface area contributed by atoms with E-state index in [0.29, 0.717) is 12.8 Å². The van der Waals surface area contributed by atoms with E-state index in [1.165, 1.54) is 7.11 Å². The summed E-state index contributed by atoms with van der Waals surface area (Å²) in [4.78, 5) is 11.4. The molecule has 0 aromatic rings. The first kappa shape index (κ1) is 10.5. The predicted octanol–water partition coefficient (Wildman–Crippen LogP) is 0.0714. The van der Waals surface area contributed by atoms with Crippen molar-refractivity contribution in [3.05, 3.63) is 0 Å². The first-order valence-corrected chi connectivity index (χ1v) is 4.47. The Labute approximate surface area is 77.5 Å². The van der Waals surface area contributed by atoms with Gasteiger partial charge in [0.05, 0.1) is 24.7 Å². The fourth-order valence-corrected chi connectivity index (χ4v) is 1.86. The molecule has 1 rings (SSSR count). The fourth-order valence-electron chi connectivity index (χ4n) is 1.86. The monoisotopic (exact) mass is 188 g/mol. The van der Waals surface area contributed by atoms with Crippen LogP contribution in [0.4, 0.5) is 0 Å². The molecule has 0 aliphatic heterocycles. The Morgan fingerprint density at radius 1 is 1.54 bits per heavy atom. The van der Waals surface area contributed by atoms with Crippen molar-refractivity contribution in [1.82, 2.24) is 0 Å². The van der Waals surface area contributed by atoms with Crippen molar-refractivity contribution >= 4 is 5.97 Å². The zero-order valence-corrected chi connectivity index (χ0v) is 7.99. The molecule has 0 aromatic heterocycles. The minimum absolute atomic E-state index is 0.446. The number of ether oxygens (including phenoxy) is 1. The second-order valence-corrected chi connectivity index (χ2v) is 3.81. The highest BCUT2D eigenvalue weighted by Gasteiger charge is 2.47. The van der Waals surface area contributed by atoms with Crippen LogP contribution < -0.4 is 0 Å². The molecule has 3 atom stereocenters. The number of methoxy groups -OCH3 is 1. The van der Waals surface area contributed by atoms with Gasteiger partial charge >= 0.3 is 5.97 Å². The Hall–Kier alpha value is -0.610. The maximum absolute atomic E-state index is 11.4. The Kier molecular flexibility index (Phi) is 2.93. The Bertz CT molecular complexity index is 204. The normalized spacial score (nSPS) is 40.0. The smallest absolute Gasteiger partial charge is 0.314 e. The topological polar surface area (TPSA) is 66.8 Å². The molecule has 3 unspecified atom stereocenters. The van der Waals surface area contributed by atoms with Crippen LogP contribution in [0.25, 0.3) is 0 Å². The molecule has 0 heterocycles. The maximum Gasteiger partial charge on any atom is 0.314 e. The summed E-state index contributed by atoms with van der Waals surface area (Å²) < 4.78 is 4.60. The van der Waals surface area contributed by atoms with Crippen molar-refractivity contribution in [3.63, 3.8) is 0 Å². The summed E-state index contributed by atoms with van der Waals surface area (Å²) in [6.45, 7) is 1.63. The third kappa shape index (κ3) is 1.69. The van der Waals surface area contributed by atoms with Crippen LogP contribution >= 0.6 is 0 Å². The molecule has 4 nitrogen and oxygen atoms in total. The van der Waals surface area contributed by atoms with Crippen molar-refractivity contribution in [2.75, 3.05) is 7.11 Å². The van der Waals surface area contributed by atoms with Gasteiger partial charge in [0.2, 0.25) is 0 Å². The van der Waals surface area contributed by atoms with Crippen LogP contribution in [0.1, 0.15) is 26.2 Å². The quantitative estimate of drug-likeness (QED) is 0.571. The van der Waals surface area contributed by atoms with E-state index in [1.807, 2.05) is 0 Å². The second-order valence-electron chi connectivity index (χ2n) is 3.81. The van der Waals surface area contributed by atoms with Crippen LogP contribution in [0.15, 0.2) is 0 Å².